The van der Waals surface area contributed by atoms with Crippen molar-refractivity contribution in [1.82, 2.24) is 19.5 Å². The molecule has 0 spiro atoms. The molecule has 164 valence electrons. The fourth-order valence-electron chi connectivity index (χ4n) is 3.78. The van der Waals surface area contributed by atoms with Gasteiger partial charge in [0, 0.05) is 18.3 Å². The molecule has 3 N–H and O–H groups in total. The number of fused-ring (bicyclic) bond motifs is 1. The van der Waals surface area contributed by atoms with E-state index in [1.54, 1.807) is 12.4 Å². The Kier molecular flexibility index (Phi) is 5.23. The first-order valence-electron chi connectivity index (χ1n) is 10.2. The van der Waals surface area contributed by atoms with Crippen molar-refractivity contribution in [1.29, 1.82) is 0 Å². The molecular formula is C24H20N6O2S. The van der Waals surface area contributed by atoms with Crippen molar-refractivity contribution >= 4 is 39.2 Å². The highest BCUT2D eigenvalue weighted by atomic mass is 32.1. The number of carbonyl (C=O) groups is 1. The van der Waals surface area contributed by atoms with Gasteiger partial charge in [0.05, 0.1) is 34.5 Å². The zero-order valence-corrected chi connectivity index (χ0v) is 18.5. The summed E-state index contributed by atoms with van der Waals surface area (Å²) in [6.45, 7) is 0.253. The zero-order valence-electron chi connectivity index (χ0n) is 17.7. The average Bonchev–Trinajstić information content (AvgIpc) is 3.42. The predicted octanol–water partition coefficient (Wildman–Crippen LogP) is 5.03. The molecule has 0 saturated heterocycles. The van der Waals surface area contributed by atoms with Crippen molar-refractivity contribution < 1.29 is 9.90 Å². The van der Waals surface area contributed by atoms with Crippen LogP contribution in [0.1, 0.15) is 5.56 Å². The molecule has 0 saturated carbocycles. The number of imidazole rings is 1. The first kappa shape index (κ1) is 20.7. The maximum atomic E-state index is 12.1. The van der Waals surface area contributed by atoms with E-state index in [2.05, 4.69) is 15.0 Å². The lowest BCUT2D eigenvalue weighted by atomic mass is 10.1. The van der Waals surface area contributed by atoms with E-state index < -0.39 is 6.09 Å². The number of anilines is 2. The number of amides is 1. The van der Waals surface area contributed by atoms with Crippen LogP contribution in [-0.2, 0) is 13.6 Å². The lowest BCUT2D eigenvalue weighted by molar-refractivity contribution is 0.201. The second-order valence-electron chi connectivity index (χ2n) is 7.55. The molecule has 9 heteroatoms. The second-order valence-corrected chi connectivity index (χ2v) is 8.58. The molecule has 0 unspecified atom stereocenters. The van der Waals surface area contributed by atoms with Gasteiger partial charge in [-0.3, -0.25) is 4.90 Å². The molecule has 0 aliphatic heterocycles. The number of nitrogens with two attached hydrogens (primary N) is 1. The summed E-state index contributed by atoms with van der Waals surface area (Å²) in [5, 5.41) is 10.7. The number of aromatic nitrogens is 4. The summed E-state index contributed by atoms with van der Waals surface area (Å²) in [4.78, 5) is 28.2. The van der Waals surface area contributed by atoms with Crippen LogP contribution in [0, 0.1) is 0 Å². The molecule has 2 aromatic carbocycles. The minimum absolute atomic E-state index is 0.253. The number of hydrogen-bond donors (Lipinski definition) is 2. The summed E-state index contributed by atoms with van der Waals surface area (Å²) in [6.07, 6.45) is 2.19. The smallest absolute Gasteiger partial charge is 0.412 e. The van der Waals surface area contributed by atoms with Crippen LogP contribution in [0.25, 0.3) is 32.0 Å². The Morgan fingerprint density at radius 1 is 1.09 bits per heavy atom. The predicted molar refractivity (Wildman–Crippen MR) is 130 cm³/mol. The van der Waals surface area contributed by atoms with Gasteiger partial charge < -0.3 is 15.4 Å². The Bertz CT molecular complexity index is 1460. The normalized spacial score (nSPS) is 11.1. The van der Waals surface area contributed by atoms with Crippen LogP contribution in [0.5, 0.6) is 0 Å². The van der Waals surface area contributed by atoms with Crippen LogP contribution < -0.4 is 10.6 Å². The number of hydrogen-bond acceptors (Lipinski definition) is 6. The number of carboxylic acid groups (broad SMARTS) is 1. The van der Waals surface area contributed by atoms with Gasteiger partial charge in [0.2, 0.25) is 0 Å². The van der Waals surface area contributed by atoms with Crippen LogP contribution in [0.15, 0.2) is 73.3 Å². The van der Waals surface area contributed by atoms with E-state index in [9.17, 15) is 9.90 Å². The van der Waals surface area contributed by atoms with Crippen LogP contribution in [0.4, 0.5) is 16.3 Å². The highest BCUT2D eigenvalue weighted by Crippen LogP contribution is 2.39. The molecule has 0 atom stereocenters. The van der Waals surface area contributed by atoms with E-state index >= 15 is 0 Å². The largest absolute Gasteiger partial charge is 0.465 e. The van der Waals surface area contributed by atoms with Crippen LogP contribution in [0.2, 0.25) is 0 Å². The minimum Gasteiger partial charge on any atom is -0.465 e. The van der Waals surface area contributed by atoms with Gasteiger partial charge in [0.15, 0.2) is 0 Å². The molecule has 1 amide bonds. The third-order valence-corrected chi connectivity index (χ3v) is 6.43. The van der Waals surface area contributed by atoms with Gasteiger partial charge in [0.1, 0.15) is 17.0 Å². The topological polar surface area (TPSA) is 110 Å². The molecule has 3 aromatic heterocycles. The third-order valence-electron chi connectivity index (χ3n) is 5.38. The van der Waals surface area contributed by atoms with E-state index in [1.165, 1.54) is 22.6 Å². The van der Waals surface area contributed by atoms with Gasteiger partial charge in [0.25, 0.3) is 0 Å². The van der Waals surface area contributed by atoms with E-state index in [1.807, 2.05) is 66.2 Å². The molecule has 0 aliphatic carbocycles. The SMILES string of the molecule is Cn1cnc(-c2cccc(N(Cc3ccccc3)C(=O)O)c2)c1-c1cc2c(N)ncnc2s1. The Morgan fingerprint density at radius 2 is 1.91 bits per heavy atom. The Labute approximate surface area is 193 Å². The molecule has 0 fully saturated rings. The standard InChI is InChI=1S/C24H20N6O2S/c1-29-14-28-20(21(29)19-11-18-22(25)26-13-27-23(18)33-19)16-8-5-9-17(10-16)30(24(31)32)12-15-6-3-2-4-7-15/h2-11,13-14H,12H2,1H3,(H,31,32)(H2,25,26,27). The fourth-order valence-corrected chi connectivity index (χ4v) is 4.87. The quantitative estimate of drug-likeness (QED) is 0.384. The van der Waals surface area contributed by atoms with E-state index in [-0.39, 0.29) is 6.54 Å². The molecule has 0 radical (unpaired) electrons. The van der Waals surface area contributed by atoms with Crippen molar-refractivity contribution in [3.63, 3.8) is 0 Å². The Balaban J connectivity index is 1.57. The van der Waals surface area contributed by atoms with E-state index in [0.29, 0.717) is 11.5 Å². The summed E-state index contributed by atoms with van der Waals surface area (Å²) in [6, 6.07) is 18.9. The van der Waals surface area contributed by atoms with Gasteiger partial charge in [-0.25, -0.2) is 19.7 Å². The summed E-state index contributed by atoms with van der Waals surface area (Å²) < 4.78 is 1.94. The molecule has 5 aromatic rings. The van der Waals surface area contributed by atoms with Crippen molar-refractivity contribution in [2.75, 3.05) is 10.6 Å². The number of aryl methyl sites for hydroxylation is 1. The van der Waals surface area contributed by atoms with E-state index in [4.69, 9.17) is 5.73 Å². The Morgan fingerprint density at radius 3 is 2.67 bits per heavy atom. The van der Waals surface area contributed by atoms with Gasteiger partial charge in [-0.2, -0.15) is 0 Å². The molecular weight excluding hydrogens is 436 g/mol. The molecule has 33 heavy (non-hydrogen) atoms. The monoisotopic (exact) mass is 456 g/mol. The highest BCUT2D eigenvalue weighted by molar-refractivity contribution is 7.21. The average molecular weight is 457 g/mol. The van der Waals surface area contributed by atoms with Crippen LogP contribution >= 0.6 is 11.3 Å². The first-order valence-corrected chi connectivity index (χ1v) is 11.0. The van der Waals surface area contributed by atoms with Gasteiger partial charge in [-0.15, -0.1) is 11.3 Å². The van der Waals surface area contributed by atoms with Crippen LogP contribution in [-0.4, -0.2) is 30.7 Å². The highest BCUT2D eigenvalue weighted by Gasteiger charge is 2.20. The second kappa shape index (κ2) is 8.36. The molecule has 0 bridgehead atoms. The molecule has 0 aliphatic rings. The number of nitrogen functional groups attached to an aromatic ring is 1. The lowest BCUT2D eigenvalue weighted by Crippen LogP contribution is -2.28. The summed E-state index contributed by atoms with van der Waals surface area (Å²) in [5.74, 6) is 0.436. The van der Waals surface area contributed by atoms with Crippen molar-refractivity contribution in [3.05, 3.63) is 78.9 Å². The van der Waals surface area contributed by atoms with Crippen molar-refractivity contribution in [3.8, 4) is 21.8 Å². The van der Waals surface area contributed by atoms with Gasteiger partial charge in [-0.1, -0.05) is 42.5 Å². The molecule has 3 heterocycles. The number of rotatable bonds is 5. The molecule has 8 nitrogen and oxygen atoms in total. The number of benzene rings is 2. The van der Waals surface area contributed by atoms with E-state index in [0.717, 1.165) is 37.6 Å². The van der Waals surface area contributed by atoms with Crippen molar-refractivity contribution in [2.24, 2.45) is 7.05 Å². The fraction of sp³-hybridized carbons (Fsp3) is 0.0833. The number of nitrogens with zero attached hydrogens (tertiary/aromatic N) is 5. The lowest BCUT2D eigenvalue weighted by Gasteiger charge is -2.20. The van der Waals surface area contributed by atoms with Crippen LogP contribution in [0.3, 0.4) is 0 Å². The maximum absolute atomic E-state index is 12.1. The number of thiophene rings is 1. The summed E-state index contributed by atoms with van der Waals surface area (Å²) >= 11 is 1.51. The first-order chi connectivity index (χ1) is 16.0. The minimum atomic E-state index is -1.02. The Hall–Kier alpha value is -4.24. The van der Waals surface area contributed by atoms with Gasteiger partial charge >= 0.3 is 6.09 Å². The zero-order chi connectivity index (χ0) is 22.9. The van der Waals surface area contributed by atoms with Crippen molar-refractivity contribution in [2.45, 2.75) is 6.54 Å². The third kappa shape index (κ3) is 3.90. The maximum Gasteiger partial charge on any atom is 0.412 e. The molecule has 5 rings (SSSR count). The van der Waals surface area contributed by atoms with Gasteiger partial charge in [-0.05, 0) is 23.8 Å². The summed E-state index contributed by atoms with van der Waals surface area (Å²) in [5.41, 5.74) is 9.99. The summed E-state index contributed by atoms with van der Waals surface area (Å²) in [7, 11) is 1.92.